The Balaban J connectivity index is 3.80. The van der Waals surface area contributed by atoms with E-state index in [-0.39, 0.29) is 5.41 Å². The highest BCUT2D eigenvalue weighted by Crippen LogP contribution is 2.16. The Morgan fingerprint density at radius 2 is 1.82 bits per heavy atom. The third-order valence-corrected chi connectivity index (χ3v) is 1.54. The molecule has 0 aromatic rings. The van der Waals surface area contributed by atoms with Crippen LogP contribution in [0.4, 0.5) is 0 Å². The van der Waals surface area contributed by atoms with E-state index in [0.29, 0.717) is 12.2 Å². The van der Waals surface area contributed by atoms with Crippen molar-refractivity contribution in [2.75, 3.05) is 0 Å². The maximum absolute atomic E-state index is 11.3. The fourth-order valence-corrected chi connectivity index (χ4v) is 0.663. The zero-order valence-corrected chi connectivity index (χ0v) is 7.98. The third-order valence-electron chi connectivity index (χ3n) is 1.54. The molecule has 1 heteroatoms. The highest BCUT2D eigenvalue weighted by molar-refractivity contribution is 5.84. The molecule has 0 fully saturated rings. The van der Waals surface area contributed by atoms with Crippen LogP contribution in [0.3, 0.4) is 0 Å². The first kappa shape index (κ1) is 10.4. The lowest BCUT2D eigenvalue weighted by Crippen LogP contribution is -2.18. The Morgan fingerprint density at radius 3 is 2.18 bits per heavy atom. The lowest BCUT2D eigenvalue weighted by molar-refractivity contribution is -0.125. The molecule has 0 saturated heterocycles. The van der Waals surface area contributed by atoms with Gasteiger partial charge in [0.15, 0.2) is 0 Å². The predicted octanol–water partition coefficient (Wildman–Crippen LogP) is 2.96. The van der Waals surface area contributed by atoms with E-state index in [1.807, 2.05) is 32.9 Å². The van der Waals surface area contributed by atoms with E-state index in [9.17, 15) is 4.79 Å². The van der Waals surface area contributed by atoms with Gasteiger partial charge < -0.3 is 0 Å². The van der Waals surface area contributed by atoms with Crippen molar-refractivity contribution in [3.63, 3.8) is 0 Å². The second-order valence-electron chi connectivity index (χ2n) is 3.76. The minimum absolute atomic E-state index is 0.182. The van der Waals surface area contributed by atoms with E-state index in [1.165, 1.54) is 0 Å². The number of allylic oxidation sites excluding steroid dienone is 2. The summed E-state index contributed by atoms with van der Waals surface area (Å²) in [6.45, 7) is 7.93. The van der Waals surface area contributed by atoms with E-state index in [2.05, 4.69) is 6.92 Å². The summed E-state index contributed by atoms with van der Waals surface area (Å²) in [6.07, 6.45) is 5.58. The zero-order chi connectivity index (χ0) is 8.91. The molecule has 0 rings (SSSR count). The van der Waals surface area contributed by atoms with E-state index < -0.39 is 0 Å². The molecule has 0 heterocycles. The van der Waals surface area contributed by atoms with Gasteiger partial charge in [-0.05, 0) is 6.42 Å². The van der Waals surface area contributed by atoms with Gasteiger partial charge in [0, 0.05) is 11.8 Å². The van der Waals surface area contributed by atoms with Crippen molar-refractivity contribution in [3.8, 4) is 0 Å². The molecule has 0 aromatic carbocycles. The van der Waals surface area contributed by atoms with Gasteiger partial charge in [-0.2, -0.15) is 0 Å². The quantitative estimate of drug-likeness (QED) is 0.571. The maximum Gasteiger partial charge on any atom is 0.141 e. The first-order chi connectivity index (χ1) is 4.98. The molecular formula is C10H18O. The van der Waals surface area contributed by atoms with Crippen molar-refractivity contribution in [2.45, 2.75) is 40.5 Å². The Morgan fingerprint density at radius 1 is 1.27 bits per heavy atom. The highest BCUT2D eigenvalue weighted by atomic mass is 16.1. The summed E-state index contributed by atoms with van der Waals surface area (Å²) in [5.41, 5.74) is -0.182. The summed E-state index contributed by atoms with van der Waals surface area (Å²) in [4.78, 5) is 11.3. The fraction of sp³-hybridized carbons (Fsp3) is 0.700. The minimum Gasteiger partial charge on any atom is -0.299 e. The largest absolute Gasteiger partial charge is 0.299 e. The number of ketones is 1. The van der Waals surface area contributed by atoms with Crippen LogP contribution >= 0.6 is 0 Å². The molecule has 11 heavy (non-hydrogen) atoms. The van der Waals surface area contributed by atoms with Gasteiger partial charge in [0.25, 0.3) is 0 Å². The van der Waals surface area contributed by atoms with Crippen molar-refractivity contribution in [1.29, 1.82) is 0 Å². The zero-order valence-electron chi connectivity index (χ0n) is 7.98. The fourth-order valence-electron chi connectivity index (χ4n) is 0.663. The molecule has 0 aliphatic carbocycles. The van der Waals surface area contributed by atoms with Crippen LogP contribution < -0.4 is 0 Å². The molecule has 0 bridgehead atoms. The van der Waals surface area contributed by atoms with Gasteiger partial charge in [0.05, 0.1) is 0 Å². The summed E-state index contributed by atoms with van der Waals surface area (Å²) in [7, 11) is 0. The number of carbonyl (C=O) groups is 1. The first-order valence-corrected chi connectivity index (χ1v) is 4.16. The van der Waals surface area contributed by atoms with Crippen LogP contribution in [0.1, 0.15) is 40.5 Å². The monoisotopic (exact) mass is 154 g/mol. The topological polar surface area (TPSA) is 17.1 Å². The van der Waals surface area contributed by atoms with E-state index in [1.54, 1.807) is 0 Å². The molecule has 0 unspecified atom stereocenters. The summed E-state index contributed by atoms with van der Waals surface area (Å²) in [5, 5.41) is 0. The molecule has 0 aromatic heterocycles. The molecule has 0 spiro atoms. The van der Waals surface area contributed by atoms with Crippen LogP contribution in [-0.2, 0) is 4.79 Å². The number of Topliss-reactive ketones (excluding diaryl/α,β-unsaturated/α-hetero) is 1. The lowest BCUT2D eigenvalue weighted by atomic mass is 9.89. The van der Waals surface area contributed by atoms with E-state index >= 15 is 0 Å². The second-order valence-corrected chi connectivity index (χ2v) is 3.76. The van der Waals surface area contributed by atoms with Crippen LogP contribution in [0.15, 0.2) is 12.2 Å². The average molecular weight is 154 g/mol. The van der Waals surface area contributed by atoms with Gasteiger partial charge in [-0.3, -0.25) is 4.79 Å². The van der Waals surface area contributed by atoms with Crippen molar-refractivity contribution < 1.29 is 4.79 Å². The normalized spacial score (nSPS) is 12.4. The summed E-state index contributed by atoms with van der Waals surface area (Å²) in [6, 6.07) is 0. The Hall–Kier alpha value is -0.590. The first-order valence-electron chi connectivity index (χ1n) is 4.16. The van der Waals surface area contributed by atoms with Crippen molar-refractivity contribution >= 4 is 5.78 Å². The molecule has 0 N–H and O–H groups in total. The summed E-state index contributed by atoms with van der Waals surface area (Å²) < 4.78 is 0. The smallest absolute Gasteiger partial charge is 0.141 e. The molecule has 0 aliphatic heterocycles. The third kappa shape index (κ3) is 4.77. The standard InChI is InChI=1S/C10H18O/c1-5-6-7-8-9(11)10(2,3)4/h6-7H,5,8H2,1-4H3/b7-6+. The van der Waals surface area contributed by atoms with Gasteiger partial charge in [-0.25, -0.2) is 0 Å². The molecule has 1 nitrogen and oxygen atoms in total. The molecule has 0 aliphatic rings. The van der Waals surface area contributed by atoms with Crippen molar-refractivity contribution in [1.82, 2.24) is 0 Å². The van der Waals surface area contributed by atoms with Gasteiger partial charge in [-0.15, -0.1) is 0 Å². The lowest BCUT2D eigenvalue weighted by Gasteiger charge is -2.14. The molecule has 0 radical (unpaired) electrons. The highest BCUT2D eigenvalue weighted by Gasteiger charge is 2.18. The van der Waals surface area contributed by atoms with Crippen LogP contribution in [0.2, 0.25) is 0 Å². The van der Waals surface area contributed by atoms with Gasteiger partial charge in [-0.1, -0.05) is 39.8 Å². The average Bonchev–Trinajstić information content (AvgIpc) is 1.86. The molecule has 0 saturated carbocycles. The minimum atomic E-state index is -0.182. The summed E-state index contributed by atoms with van der Waals surface area (Å²) >= 11 is 0. The van der Waals surface area contributed by atoms with Crippen molar-refractivity contribution in [2.24, 2.45) is 5.41 Å². The Labute approximate surface area is 69.5 Å². The van der Waals surface area contributed by atoms with E-state index in [0.717, 1.165) is 6.42 Å². The second kappa shape index (κ2) is 4.32. The predicted molar refractivity (Wildman–Crippen MR) is 48.5 cm³/mol. The molecule has 64 valence electrons. The van der Waals surface area contributed by atoms with Gasteiger partial charge in [0.1, 0.15) is 5.78 Å². The van der Waals surface area contributed by atoms with Gasteiger partial charge in [0.2, 0.25) is 0 Å². The van der Waals surface area contributed by atoms with Crippen molar-refractivity contribution in [3.05, 3.63) is 12.2 Å². The summed E-state index contributed by atoms with van der Waals surface area (Å²) in [5.74, 6) is 0.308. The SMILES string of the molecule is CC/C=C/CC(=O)C(C)(C)C. The number of carbonyl (C=O) groups excluding carboxylic acids is 1. The number of hydrogen-bond donors (Lipinski definition) is 0. The Bertz CT molecular complexity index is 149. The molecular weight excluding hydrogens is 136 g/mol. The van der Waals surface area contributed by atoms with E-state index in [4.69, 9.17) is 0 Å². The molecule has 0 atom stereocenters. The van der Waals surface area contributed by atoms with Crippen LogP contribution in [0, 0.1) is 5.41 Å². The maximum atomic E-state index is 11.3. The van der Waals surface area contributed by atoms with Crippen LogP contribution in [0.25, 0.3) is 0 Å². The van der Waals surface area contributed by atoms with Crippen LogP contribution in [0.5, 0.6) is 0 Å². The molecule has 0 amide bonds. The Kier molecular flexibility index (Phi) is 4.09. The van der Waals surface area contributed by atoms with Crippen LogP contribution in [-0.4, -0.2) is 5.78 Å². The van der Waals surface area contributed by atoms with Gasteiger partial charge >= 0.3 is 0 Å². The number of hydrogen-bond acceptors (Lipinski definition) is 1. The number of rotatable bonds is 3.